The van der Waals surface area contributed by atoms with E-state index in [1.165, 1.54) is 0 Å². The van der Waals surface area contributed by atoms with Crippen molar-refractivity contribution in [3.8, 4) is 5.75 Å². The molecule has 1 aromatic carbocycles. The third-order valence-electron chi connectivity index (χ3n) is 1.81. The van der Waals surface area contributed by atoms with Gasteiger partial charge in [-0.25, -0.2) is 0 Å². The Morgan fingerprint density at radius 1 is 1.54 bits per heavy atom. The maximum atomic E-state index is 5.83. The smallest absolute Gasteiger partial charge is 0.124 e. The lowest BCUT2D eigenvalue weighted by atomic mass is 10.2. The summed E-state index contributed by atoms with van der Waals surface area (Å²) in [7, 11) is 0. The number of halogens is 1. The van der Waals surface area contributed by atoms with E-state index in [1.54, 1.807) is 0 Å². The number of benzene rings is 1. The molecule has 0 saturated heterocycles. The molecule has 0 aromatic heterocycles. The van der Waals surface area contributed by atoms with Gasteiger partial charge in [0.2, 0.25) is 0 Å². The SMILES string of the molecule is Cc1ccc(Cl)cc1OC(C)CN. The van der Waals surface area contributed by atoms with Gasteiger partial charge in [-0.05, 0) is 31.5 Å². The van der Waals surface area contributed by atoms with Crippen LogP contribution in [-0.4, -0.2) is 12.6 Å². The zero-order chi connectivity index (χ0) is 9.84. The Labute approximate surface area is 83.6 Å². The van der Waals surface area contributed by atoms with E-state index in [0.29, 0.717) is 11.6 Å². The molecule has 0 aliphatic carbocycles. The highest BCUT2D eigenvalue weighted by atomic mass is 35.5. The van der Waals surface area contributed by atoms with Gasteiger partial charge < -0.3 is 10.5 Å². The van der Waals surface area contributed by atoms with Crippen LogP contribution in [0, 0.1) is 6.92 Å². The lowest BCUT2D eigenvalue weighted by molar-refractivity contribution is 0.228. The molecule has 0 spiro atoms. The summed E-state index contributed by atoms with van der Waals surface area (Å²) >= 11 is 5.83. The normalized spacial score (nSPS) is 12.6. The highest BCUT2D eigenvalue weighted by molar-refractivity contribution is 6.30. The second-order valence-electron chi connectivity index (χ2n) is 3.07. The van der Waals surface area contributed by atoms with E-state index >= 15 is 0 Å². The van der Waals surface area contributed by atoms with E-state index in [0.717, 1.165) is 11.3 Å². The Bertz CT molecular complexity index is 288. The molecule has 0 bridgehead atoms. The molecule has 0 saturated carbocycles. The molecule has 0 heterocycles. The molecule has 1 unspecified atom stereocenters. The fourth-order valence-corrected chi connectivity index (χ4v) is 1.13. The molecule has 0 aliphatic rings. The quantitative estimate of drug-likeness (QED) is 0.812. The molecule has 13 heavy (non-hydrogen) atoms. The zero-order valence-electron chi connectivity index (χ0n) is 7.88. The van der Waals surface area contributed by atoms with Crippen molar-refractivity contribution in [1.82, 2.24) is 0 Å². The van der Waals surface area contributed by atoms with Crippen molar-refractivity contribution >= 4 is 11.6 Å². The Hall–Kier alpha value is -0.730. The average molecular weight is 200 g/mol. The number of hydrogen-bond acceptors (Lipinski definition) is 2. The summed E-state index contributed by atoms with van der Waals surface area (Å²) in [5, 5.41) is 0.685. The van der Waals surface area contributed by atoms with E-state index in [9.17, 15) is 0 Å². The molecule has 0 radical (unpaired) electrons. The van der Waals surface area contributed by atoms with Crippen molar-refractivity contribution in [1.29, 1.82) is 0 Å². The lowest BCUT2D eigenvalue weighted by Gasteiger charge is -2.14. The third kappa shape index (κ3) is 2.90. The van der Waals surface area contributed by atoms with Crippen LogP contribution >= 0.6 is 11.6 Å². The summed E-state index contributed by atoms with van der Waals surface area (Å²) in [6, 6.07) is 5.58. The Morgan fingerprint density at radius 2 is 2.23 bits per heavy atom. The molecule has 2 nitrogen and oxygen atoms in total. The van der Waals surface area contributed by atoms with Gasteiger partial charge in [0.15, 0.2) is 0 Å². The first-order chi connectivity index (χ1) is 6.13. The fourth-order valence-electron chi connectivity index (χ4n) is 0.966. The van der Waals surface area contributed by atoms with Gasteiger partial charge in [-0.1, -0.05) is 17.7 Å². The maximum Gasteiger partial charge on any atom is 0.124 e. The average Bonchev–Trinajstić information content (AvgIpc) is 2.11. The van der Waals surface area contributed by atoms with Crippen LogP contribution in [0.2, 0.25) is 5.02 Å². The van der Waals surface area contributed by atoms with Gasteiger partial charge in [0, 0.05) is 11.6 Å². The van der Waals surface area contributed by atoms with Gasteiger partial charge in [0.25, 0.3) is 0 Å². The van der Waals surface area contributed by atoms with Crippen molar-refractivity contribution in [3.63, 3.8) is 0 Å². The minimum atomic E-state index is 0.0252. The number of hydrogen-bond donors (Lipinski definition) is 1. The van der Waals surface area contributed by atoms with E-state index < -0.39 is 0 Å². The van der Waals surface area contributed by atoms with E-state index in [1.807, 2.05) is 32.0 Å². The molecule has 0 aliphatic heterocycles. The second-order valence-corrected chi connectivity index (χ2v) is 3.51. The summed E-state index contributed by atoms with van der Waals surface area (Å²) in [6.45, 7) is 4.42. The van der Waals surface area contributed by atoms with Crippen LogP contribution in [0.25, 0.3) is 0 Å². The van der Waals surface area contributed by atoms with Crippen LogP contribution in [0.3, 0.4) is 0 Å². The predicted molar refractivity (Wildman–Crippen MR) is 55.3 cm³/mol. The standard InChI is InChI=1S/C10H14ClNO/c1-7-3-4-9(11)5-10(7)13-8(2)6-12/h3-5,8H,6,12H2,1-2H3. The largest absolute Gasteiger partial charge is 0.489 e. The van der Waals surface area contributed by atoms with Crippen molar-refractivity contribution < 1.29 is 4.74 Å². The van der Waals surface area contributed by atoms with Crippen LogP contribution in [-0.2, 0) is 0 Å². The second kappa shape index (κ2) is 4.49. The molecule has 1 atom stereocenters. The van der Waals surface area contributed by atoms with E-state index in [2.05, 4.69) is 0 Å². The summed E-state index contributed by atoms with van der Waals surface area (Å²) in [4.78, 5) is 0. The third-order valence-corrected chi connectivity index (χ3v) is 2.05. The maximum absolute atomic E-state index is 5.83. The minimum Gasteiger partial charge on any atom is -0.489 e. The molecule has 1 aromatic rings. The van der Waals surface area contributed by atoms with Gasteiger partial charge in [-0.15, -0.1) is 0 Å². The molecule has 72 valence electrons. The molecule has 1 rings (SSSR count). The molecular formula is C10H14ClNO. The van der Waals surface area contributed by atoms with Crippen LogP contribution in [0.1, 0.15) is 12.5 Å². The van der Waals surface area contributed by atoms with Crippen LogP contribution < -0.4 is 10.5 Å². The monoisotopic (exact) mass is 199 g/mol. The first-order valence-corrected chi connectivity index (χ1v) is 4.64. The van der Waals surface area contributed by atoms with Crippen LogP contribution in [0.15, 0.2) is 18.2 Å². The van der Waals surface area contributed by atoms with Gasteiger partial charge in [0.1, 0.15) is 11.9 Å². The van der Waals surface area contributed by atoms with E-state index in [4.69, 9.17) is 22.1 Å². The topological polar surface area (TPSA) is 35.2 Å². The molecule has 3 heteroatoms. The van der Waals surface area contributed by atoms with Crippen molar-refractivity contribution in [2.45, 2.75) is 20.0 Å². The molecule has 2 N–H and O–H groups in total. The Kier molecular flexibility index (Phi) is 3.58. The first kappa shape index (κ1) is 10.4. The highest BCUT2D eigenvalue weighted by Crippen LogP contribution is 2.23. The van der Waals surface area contributed by atoms with Crippen LogP contribution in [0.5, 0.6) is 5.75 Å². The van der Waals surface area contributed by atoms with E-state index in [-0.39, 0.29) is 6.10 Å². The Morgan fingerprint density at radius 3 is 2.85 bits per heavy atom. The van der Waals surface area contributed by atoms with Gasteiger partial charge >= 0.3 is 0 Å². The summed E-state index contributed by atoms with van der Waals surface area (Å²) in [5.41, 5.74) is 6.52. The minimum absolute atomic E-state index is 0.0252. The van der Waals surface area contributed by atoms with Gasteiger partial charge in [0.05, 0.1) is 0 Å². The van der Waals surface area contributed by atoms with Gasteiger partial charge in [-0.2, -0.15) is 0 Å². The highest BCUT2D eigenvalue weighted by Gasteiger charge is 2.04. The summed E-state index contributed by atoms with van der Waals surface area (Å²) in [5.74, 6) is 0.811. The van der Waals surface area contributed by atoms with Crippen LogP contribution in [0.4, 0.5) is 0 Å². The lowest BCUT2D eigenvalue weighted by Crippen LogP contribution is -2.23. The zero-order valence-corrected chi connectivity index (χ0v) is 8.64. The number of nitrogens with two attached hydrogens (primary N) is 1. The molecule has 0 fully saturated rings. The van der Waals surface area contributed by atoms with Crippen molar-refractivity contribution in [3.05, 3.63) is 28.8 Å². The number of ether oxygens (including phenoxy) is 1. The van der Waals surface area contributed by atoms with Gasteiger partial charge in [-0.3, -0.25) is 0 Å². The van der Waals surface area contributed by atoms with Crippen molar-refractivity contribution in [2.24, 2.45) is 5.73 Å². The van der Waals surface area contributed by atoms with Crippen molar-refractivity contribution in [2.75, 3.05) is 6.54 Å². The molecular weight excluding hydrogens is 186 g/mol. The summed E-state index contributed by atoms with van der Waals surface area (Å²) < 4.78 is 5.57. The Balaban J connectivity index is 2.81. The fraction of sp³-hybridized carbons (Fsp3) is 0.400. The number of rotatable bonds is 3. The first-order valence-electron chi connectivity index (χ1n) is 4.26. The number of aryl methyl sites for hydroxylation is 1. The molecule has 0 amide bonds. The summed E-state index contributed by atoms with van der Waals surface area (Å²) in [6.07, 6.45) is 0.0252. The predicted octanol–water partition coefficient (Wildman–Crippen LogP) is 2.37.